The first kappa shape index (κ1) is 80.6. The SMILES string of the molecule is CC/C=C\C/C=C\C/C=C\C/C=C\C/C=C\C/C=C\CCCCCCCCCCC(=O)OC(/C=C\CCCCCCCCCCCCC)C(COP(=O)([O-])OCC[N+](C)(C)C)NC(=O)CC/C=C\C/C=C\C/C=C\C/C=C\C/C=C\C/C=C\CC. The molecular weight excluding hydrogens is 1070 g/mol. The lowest BCUT2D eigenvalue weighted by molar-refractivity contribution is -0.870. The fraction of sp³-hybridized carbons (Fsp3) is 0.627. The molecule has 0 saturated carbocycles. The van der Waals surface area contributed by atoms with Gasteiger partial charge in [0.25, 0.3) is 7.82 Å². The van der Waals surface area contributed by atoms with Crippen molar-refractivity contribution in [2.24, 2.45) is 0 Å². The van der Waals surface area contributed by atoms with E-state index >= 15 is 0 Å². The minimum absolute atomic E-state index is 0.0460. The summed E-state index contributed by atoms with van der Waals surface area (Å²) in [4.78, 5) is 40.1. The van der Waals surface area contributed by atoms with Gasteiger partial charge in [-0.3, -0.25) is 14.2 Å². The van der Waals surface area contributed by atoms with Gasteiger partial charge in [-0.15, -0.1) is 0 Å². The van der Waals surface area contributed by atoms with Gasteiger partial charge in [0.15, 0.2) is 0 Å². The molecular formula is C75H125N2O7P. The van der Waals surface area contributed by atoms with Gasteiger partial charge in [-0.25, -0.2) is 0 Å². The molecule has 9 nitrogen and oxygen atoms in total. The topological polar surface area (TPSA) is 114 Å². The normalized spacial score (nSPS) is 14.6. The van der Waals surface area contributed by atoms with Crippen molar-refractivity contribution in [2.75, 3.05) is 40.9 Å². The highest BCUT2D eigenvalue weighted by Gasteiger charge is 2.27. The van der Waals surface area contributed by atoms with Crippen molar-refractivity contribution >= 4 is 19.7 Å². The van der Waals surface area contributed by atoms with E-state index in [4.69, 9.17) is 13.8 Å². The summed E-state index contributed by atoms with van der Waals surface area (Å²) in [5.41, 5.74) is 0. The fourth-order valence-corrected chi connectivity index (χ4v) is 9.56. The largest absolute Gasteiger partial charge is 0.756 e. The van der Waals surface area contributed by atoms with Crippen LogP contribution in [0.4, 0.5) is 0 Å². The molecule has 0 aromatic rings. The lowest BCUT2D eigenvalue weighted by Crippen LogP contribution is -2.47. The van der Waals surface area contributed by atoms with Crippen LogP contribution in [0, 0.1) is 0 Å². The highest BCUT2D eigenvalue weighted by molar-refractivity contribution is 7.45. The molecule has 3 atom stereocenters. The van der Waals surface area contributed by atoms with Crippen molar-refractivity contribution < 1.29 is 37.3 Å². The summed E-state index contributed by atoms with van der Waals surface area (Å²) in [7, 11) is 1.11. The maximum Gasteiger partial charge on any atom is 0.306 e. The molecule has 0 heterocycles. The molecule has 0 aliphatic heterocycles. The van der Waals surface area contributed by atoms with Crippen molar-refractivity contribution in [3.8, 4) is 0 Å². The van der Waals surface area contributed by atoms with Crippen LogP contribution in [0.3, 0.4) is 0 Å². The number of amides is 1. The van der Waals surface area contributed by atoms with Crippen LogP contribution in [0.5, 0.6) is 0 Å². The number of nitrogens with zero attached hydrogens (tertiary/aromatic N) is 1. The van der Waals surface area contributed by atoms with Crippen LogP contribution in [0.1, 0.15) is 252 Å². The summed E-state index contributed by atoms with van der Waals surface area (Å²) in [6.07, 6.45) is 92.3. The molecule has 1 amide bonds. The Kier molecular flexibility index (Phi) is 59.5. The number of ether oxygens (including phenoxy) is 1. The molecule has 0 radical (unpaired) electrons. The summed E-state index contributed by atoms with van der Waals surface area (Å²) < 4.78 is 30.3. The van der Waals surface area contributed by atoms with Gasteiger partial charge in [0.2, 0.25) is 5.91 Å². The Labute approximate surface area is 522 Å². The van der Waals surface area contributed by atoms with Crippen molar-refractivity contribution in [3.63, 3.8) is 0 Å². The summed E-state index contributed by atoms with van der Waals surface area (Å²) in [5.74, 6) is -0.659. The number of nitrogens with one attached hydrogen (secondary N) is 1. The summed E-state index contributed by atoms with van der Waals surface area (Å²) in [6.45, 7) is 6.54. The molecule has 0 aromatic carbocycles. The molecule has 0 rings (SSSR count). The maximum atomic E-state index is 13.5. The average Bonchev–Trinajstić information content (AvgIpc) is 3.50. The number of hydrogen-bond donors (Lipinski definition) is 1. The molecule has 0 aliphatic rings. The van der Waals surface area contributed by atoms with Crippen LogP contribution in [0.2, 0.25) is 0 Å². The second-order valence-corrected chi connectivity index (χ2v) is 24.6. The van der Waals surface area contributed by atoms with Crippen molar-refractivity contribution in [1.82, 2.24) is 5.32 Å². The standard InChI is InChI=1S/C75H125N2O7P/c1-7-10-13-16-19-22-25-28-30-32-34-35-36-37-38-39-40-41-43-45-47-50-53-56-59-62-65-68-75(79)84-73(66-63-60-57-54-51-48-27-24-21-18-15-12-9-3)72(71-83-85(80,81)82-70-69-77(4,5)6)76-74(78)67-64-61-58-55-52-49-46-44-42-33-31-29-26-23-20-17-14-11-8-2/h10-11,13-14,19-20,22-23,28-31,34-35,37-38,40-42,44,49,52,58,61,63,66,72-73H,7-9,12,15-18,21,24-27,32-33,36,39,43,45-48,50-51,53-57,59-60,62,64-65,67-71H2,1-6H3,(H-,76,78,80,81)/b13-10-,14-11-,22-19-,23-20-,30-28-,31-29-,35-34-,38-37-,41-40-,44-42-,52-49-,61-58-,66-63-. The highest BCUT2D eigenvalue weighted by Crippen LogP contribution is 2.38. The third-order valence-electron chi connectivity index (χ3n) is 14.0. The van der Waals surface area contributed by atoms with E-state index in [0.717, 1.165) is 122 Å². The zero-order chi connectivity index (χ0) is 62.1. The predicted octanol–water partition coefficient (Wildman–Crippen LogP) is 20.9. The average molecular weight is 1200 g/mol. The van der Waals surface area contributed by atoms with E-state index < -0.39 is 26.6 Å². The van der Waals surface area contributed by atoms with Gasteiger partial charge in [-0.2, -0.15) is 0 Å². The quantitative estimate of drug-likeness (QED) is 0.0212. The van der Waals surface area contributed by atoms with Crippen LogP contribution < -0.4 is 10.2 Å². The molecule has 482 valence electrons. The lowest BCUT2D eigenvalue weighted by atomic mass is 10.0. The molecule has 0 saturated heterocycles. The van der Waals surface area contributed by atoms with E-state index in [2.05, 4.69) is 160 Å². The first-order valence-corrected chi connectivity index (χ1v) is 35.3. The first-order valence-electron chi connectivity index (χ1n) is 33.8. The fourth-order valence-electron chi connectivity index (χ4n) is 8.84. The van der Waals surface area contributed by atoms with Crippen molar-refractivity contribution in [3.05, 3.63) is 158 Å². The van der Waals surface area contributed by atoms with E-state index in [-0.39, 0.29) is 31.3 Å². The molecule has 85 heavy (non-hydrogen) atoms. The number of allylic oxidation sites excluding steroid dienone is 25. The van der Waals surface area contributed by atoms with Crippen LogP contribution in [0.15, 0.2) is 158 Å². The van der Waals surface area contributed by atoms with Gasteiger partial charge >= 0.3 is 5.97 Å². The Morgan fingerprint density at radius 3 is 1.15 bits per heavy atom. The number of unbranched alkanes of at least 4 members (excludes halogenated alkanes) is 19. The van der Waals surface area contributed by atoms with Gasteiger partial charge in [-0.05, 0) is 122 Å². The number of phosphoric ester groups is 1. The summed E-state index contributed by atoms with van der Waals surface area (Å²) >= 11 is 0. The number of likely N-dealkylation sites (N-methyl/N-ethyl adjacent to an activating group) is 1. The number of rotatable bonds is 59. The lowest BCUT2D eigenvalue weighted by Gasteiger charge is -2.30. The highest BCUT2D eigenvalue weighted by atomic mass is 31.2. The Morgan fingerprint density at radius 1 is 0.424 bits per heavy atom. The van der Waals surface area contributed by atoms with Gasteiger partial charge in [0.05, 0.1) is 33.8 Å². The van der Waals surface area contributed by atoms with Gasteiger partial charge in [0, 0.05) is 12.8 Å². The molecule has 1 N–H and O–H groups in total. The summed E-state index contributed by atoms with van der Waals surface area (Å²) in [5, 5.41) is 2.98. The number of phosphoric acid groups is 1. The summed E-state index contributed by atoms with van der Waals surface area (Å²) in [6, 6.07) is -0.945. The van der Waals surface area contributed by atoms with Crippen molar-refractivity contribution in [1.29, 1.82) is 0 Å². The second kappa shape index (κ2) is 62.7. The Balaban J connectivity index is 5.28. The molecule has 0 aromatic heterocycles. The van der Waals surface area contributed by atoms with Gasteiger partial charge in [-0.1, -0.05) is 275 Å². The molecule has 0 spiro atoms. The Bertz CT molecular complexity index is 2010. The molecule has 3 unspecified atom stereocenters. The minimum atomic E-state index is -4.74. The molecule has 0 aliphatic carbocycles. The van der Waals surface area contributed by atoms with E-state index in [1.54, 1.807) is 0 Å². The van der Waals surface area contributed by atoms with Crippen LogP contribution in [0.25, 0.3) is 0 Å². The zero-order valence-electron chi connectivity index (χ0n) is 55.0. The van der Waals surface area contributed by atoms with Crippen LogP contribution in [-0.2, 0) is 27.9 Å². The monoisotopic (exact) mass is 1200 g/mol. The predicted molar refractivity (Wildman–Crippen MR) is 366 cm³/mol. The Morgan fingerprint density at radius 2 is 0.765 bits per heavy atom. The first-order chi connectivity index (χ1) is 41.4. The molecule has 0 fully saturated rings. The minimum Gasteiger partial charge on any atom is -0.756 e. The van der Waals surface area contributed by atoms with E-state index in [9.17, 15) is 19.0 Å². The molecule has 0 bridgehead atoms. The maximum absolute atomic E-state index is 13.5. The van der Waals surface area contributed by atoms with E-state index in [1.165, 1.54) is 83.5 Å². The second-order valence-electron chi connectivity index (χ2n) is 23.2. The third-order valence-corrected chi connectivity index (χ3v) is 14.9. The number of esters is 1. The van der Waals surface area contributed by atoms with E-state index in [1.807, 2.05) is 45.4 Å². The zero-order valence-corrected chi connectivity index (χ0v) is 55.9. The van der Waals surface area contributed by atoms with E-state index in [0.29, 0.717) is 23.9 Å². The molecule has 10 heteroatoms. The van der Waals surface area contributed by atoms with Crippen LogP contribution >= 0.6 is 7.82 Å². The smallest absolute Gasteiger partial charge is 0.306 e. The van der Waals surface area contributed by atoms with Gasteiger partial charge < -0.3 is 28.5 Å². The van der Waals surface area contributed by atoms with Crippen LogP contribution in [-0.4, -0.2) is 69.4 Å². The number of hydrogen-bond acceptors (Lipinski definition) is 7. The number of carbonyl (C=O) groups is 2. The van der Waals surface area contributed by atoms with Gasteiger partial charge in [0.1, 0.15) is 19.3 Å². The number of quaternary nitrogens is 1. The van der Waals surface area contributed by atoms with Crippen molar-refractivity contribution in [2.45, 2.75) is 264 Å². The third kappa shape index (κ3) is 63.9. The number of carbonyl (C=O) groups excluding carboxylic acids is 2. The Hall–Kier alpha value is -4.37.